The minimum absolute atomic E-state index is 0.00837. The van der Waals surface area contributed by atoms with Crippen LogP contribution in [0.4, 0.5) is 4.79 Å². The van der Waals surface area contributed by atoms with Crippen LogP contribution >= 0.6 is 21.5 Å². The molecule has 1 heterocycles. The molecule has 0 fully saturated rings. The van der Waals surface area contributed by atoms with Gasteiger partial charge in [-0.3, -0.25) is 4.79 Å². The summed E-state index contributed by atoms with van der Waals surface area (Å²) in [5.41, 5.74) is 12.0. The summed E-state index contributed by atoms with van der Waals surface area (Å²) in [6, 6.07) is 21.0. The zero-order valence-corrected chi connectivity index (χ0v) is 30.8. The minimum atomic E-state index is -0.464. The van der Waals surface area contributed by atoms with Crippen molar-refractivity contribution in [2.75, 3.05) is 6.61 Å². The molecule has 1 unspecified atom stereocenters. The molecule has 0 bridgehead atoms. The van der Waals surface area contributed by atoms with Crippen molar-refractivity contribution in [1.29, 1.82) is 0 Å². The Kier molecular flexibility index (Phi) is 15.1. The molecule has 0 radical (unpaired) electrons. The van der Waals surface area contributed by atoms with Crippen LogP contribution in [0.2, 0.25) is 0 Å². The maximum atomic E-state index is 13.4. The molecule has 4 rings (SSSR count). The Bertz CT molecular complexity index is 1790. The fourth-order valence-corrected chi connectivity index (χ4v) is 5.50. The van der Waals surface area contributed by atoms with Crippen LogP contribution in [0, 0.1) is 6.92 Å². The molecule has 1 amide bonds. The second kappa shape index (κ2) is 19.0. The van der Waals surface area contributed by atoms with Crippen LogP contribution in [0.1, 0.15) is 94.0 Å². The molecule has 10 heteroatoms. The van der Waals surface area contributed by atoms with E-state index >= 15 is 0 Å². The van der Waals surface area contributed by atoms with E-state index in [2.05, 4.69) is 25.8 Å². The highest BCUT2D eigenvalue weighted by atomic mass is 32.1. The number of unbranched alkanes of at least 4 members (excludes halogenated alkanes) is 2. The Morgan fingerprint density at radius 2 is 1.60 bits per heavy atom. The number of carbonyl (C=O) groups excluding carboxylic acids is 2. The predicted octanol–water partition coefficient (Wildman–Crippen LogP) is 9.55. The number of imidazole rings is 1. The molecule has 0 spiro atoms. The Labute approximate surface area is 292 Å². The first-order chi connectivity index (χ1) is 23.0. The van der Waals surface area contributed by atoms with Crippen LogP contribution in [-0.4, -0.2) is 38.7 Å². The minimum Gasteiger partial charge on any atom is -0.454 e. The summed E-state index contributed by atoms with van der Waals surface area (Å²) in [7, 11) is 2.01. The molecule has 0 aliphatic carbocycles. The van der Waals surface area contributed by atoms with Gasteiger partial charge in [-0.25, -0.2) is 9.78 Å². The SMILES string of the molecule is CCC/C(C)=C(/COC(=O)c1cccc2nc(C)n(Cc3ccc(-c4ccccc4/C(N)=N/C(=O)P)cc3)c12)OC(C)=S.CCCCC. The fourth-order valence-electron chi connectivity index (χ4n) is 5.26. The summed E-state index contributed by atoms with van der Waals surface area (Å²) in [6.45, 7) is 12.6. The molecule has 48 heavy (non-hydrogen) atoms. The lowest BCUT2D eigenvalue weighted by Crippen LogP contribution is -2.15. The van der Waals surface area contributed by atoms with E-state index in [0.717, 1.165) is 40.9 Å². The molecule has 1 aromatic heterocycles. The number of nitrogens with zero attached hydrogens (tertiary/aromatic N) is 3. The molecular weight excluding hydrogens is 639 g/mol. The van der Waals surface area contributed by atoms with Gasteiger partial charge in [0, 0.05) is 19.0 Å². The topological polar surface area (TPSA) is 109 Å². The first kappa shape index (κ1) is 38.2. The number of amides is 1. The van der Waals surface area contributed by atoms with Gasteiger partial charge in [-0.15, -0.1) is 0 Å². The number of ether oxygens (including phenoxy) is 2. The number of nitrogens with two attached hydrogens (primary N) is 1. The van der Waals surface area contributed by atoms with Crippen molar-refractivity contribution in [3.05, 3.63) is 101 Å². The molecule has 0 saturated heterocycles. The van der Waals surface area contributed by atoms with Gasteiger partial charge in [-0.1, -0.05) is 101 Å². The summed E-state index contributed by atoms with van der Waals surface area (Å²) in [5, 5.41) is 0.374. The molecule has 8 nitrogen and oxygen atoms in total. The Morgan fingerprint density at radius 3 is 2.21 bits per heavy atom. The van der Waals surface area contributed by atoms with E-state index in [4.69, 9.17) is 32.4 Å². The van der Waals surface area contributed by atoms with Gasteiger partial charge in [0.25, 0.3) is 5.65 Å². The normalized spacial score (nSPS) is 11.8. The number of aromatic nitrogens is 2. The van der Waals surface area contributed by atoms with Gasteiger partial charge in [-0.2, -0.15) is 4.99 Å². The van der Waals surface area contributed by atoms with E-state index in [0.29, 0.717) is 39.5 Å². The van der Waals surface area contributed by atoms with Crippen molar-refractivity contribution in [3.8, 4) is 11.1 Å². The van der Waals surface area contributed by atoms with Crippen molar-refractivity contribution < 1.29 is 19.1 Å². The number of fused-ring (bicyclic) bond motifs is 1. The quantitative estimate of drug-likeness (QED) is 0.0395. The first-order valence-electron chi connectivity index (χ1n) is 16.3. The first-order valence-corrected chi connectivity index (χ1v) is 17.3. The summed E-state index contributed by atoms with van der Waals surface area (Å²) in [5.74, 6) is 1.03. The number of amidine groups is 1. The van der Waals surface area contributed by atoms with E-state index in [-0.39, 0.29) is 12.4 Å². The number of hydrogen-bond donors (Lipinski definition) is 1. The number of hydrogen-bond acceptors (Lipinski definition) is 6. The average Bonchev–Trinajstić information content (AvgIpc) is 3.38. The van der Waals surface area contributed by atoms with Crippen LogP contribution in [0.3, 0.4) is 0 Å². The highest BCUT2D eigenvalue weighted by molar-refractivity contribution is 7.80. The van der Waals surface area contributed by atoms with Gasteiger partial charge in [0.15, 0.2) is 5.05 Å². The van der Waals surface area contributed by atoms with Crippen molar-refractivity contribution in [2.45, 2.75) is 80.2 Å². The summed E-state index contributed by atoms with van der Waals surface area (Å²) < 4.78 is 13.5. The van der Waals surface area contributed by atoms with Crippen molar-refractivity contribution in [2.24, 2.45) is 10.7 Å². The third-order valence-corrected chi connectivity index (χ3v) is 7.84. The fraction of sp³-hybridized carbons (Fsp3) is 0.342. The zero-order chi connectivity index (χ0) is 35.2. The monoisotopic (exact) mass is 686 g/mol. The lowest BCUT2D eigenvalue weighted by atomic mass is 9.98. The van der Waals surface area contributed by atoms with Crippen molar-refractivity contribution in [3.63, 3.8) is 0 Å². The van der Waals surface area contributed by atoms with Crippen molar-refractivity contribution >= 4 is 55.0 Å². The number of rotatable bonds is 12. The molecule has 254 valence electrons. The standard InChI is InChI=1S/C33H35N4O4PS.C5H12/c1-5-9-20(2)29(41-22(4)43)19-40-32(38)27-12-8-13-28-30(27)37(21(3)35-28)18-23-14-16-24(17-15-23)25-10-6-7-11-26(25)31(34)36-33(39)42;1-3-5-4-2/h6-8,10-17H,5,9,18-19,42H2,1-4H3,(H2,34,36,39);3-5H2,1-2H3/b29-20-;. The van der Waals surface area contributed by atoms with Crippen LogP contribution in [0.25, 0.3) is 22.2 Å². The van der Waals surface area contributed by atoms with E-state index in [1.807, 2.05) is 82.3 Å². The third-order valence-electron chi connectivity index (χ3n) is 7.63. The van der Waals surface area contributed by atoms with Gasteiger partial charge in [-0.05, 0) is 76.1 Å². The van der Waals surface area contributed by atoms with Gasteiger partial charge in [0.2, 0.25) is 0 Å². The largest absolute Gasteiger partial charge is 0.454 e. The zero-order valence-electron chi connectivity index (χ0n) is 28.8. The smallest absolute Gasteiger partial charge is 0.340 e. The Hall–Kier alpha value is -4.20. The molecule has 0 saturated carbocycles. The molecular formula is C38H47N4O4PS. The Morgan fingerprint density at radius 1 is 0.938 bits per heavy atom. The van der Waals surface area contributed by atoms with Gasteiger partial charge < -0.3 is 19.8 Å². The van der Waals surface area contributed by atoms with Crippen LogP contribution in [0.5, 0.6) is 0 Å². The molecule has 0 aliphatic rings. The second-order valence-corrected chi connectivity index (χ2v) is 12.5. The van der Waals surface area contributed by atoms with E-state index in [1.54, 1.807) is 19.1 Å². The molecule has 0 aliphatic heterocycles. The number of benzene rings is 3. The van der Waals surface area contributed by atoms with E-state index < -0.39 is 11.6 Å². The summed E-state index contributed by atoms with van der Waals surface area (Å²) >= 11 is 5.13. The van der Waals surface area contributed by atoms with Gasteiger partial charge in [0.05, 0.1) is 16.6 Å². The van der Waals surface area contributed by atoms with Crippen LogP contribution < -0.4 is 5.73 Å². The van der Waals surface area contributed by atoms with E-state index in [9.17, 15) is 9.59 Å². The lowest BCUT2D eigenvalue weighted by molar-refractivity contribution is 0.0505. The molecule has 2 N–H and O–H groups in total. The number of para-hydroxylation sites is 1. The number of aliphatic imine (C=N–C) groups is 1. The van der Waals surface area contributed by atoms with Gasteiger partial charge >= 0.3 is 5.97 Å². The highest BCUT2D eigenvalue weighted by Crippen LogP contribution is 2.27. The third kappa shape index (κ3) is 10.7. The second-order valence-electron chi connectivity index (χ2n) is 11.5. The molecule has 4 aromatic rings. The number of carbonyl (C=O) groups is 2. The highest BCUT2D eigenvalue weighted by Gasteiger charge is 2.20. The maximum absolute atomic E-state index is 13.4. The van der Waals surface area contributed by atoms with Gasteiger partial charge in [0.1, 0.15) is 24.0 Å². The maximum Gasteiger partial charge on any atom is 0.340 e. The van der Waals surface area contributed by atoms with Crippen LogP contribution in [-0.2, 0) is 16.0 Å². The lowest BCUT2D eigenvalue weighted by Gasteiger charge is -2.14. The number of esters is 1. The predicted molar refractivity (Wildman–Crippen MR) is 204 cm³/mol. The summed E-state index contributed by atoms with van der Waals surface area (Å²) in [6.07, 6.45) is 5.84. The number of thiocarbonyl (C=S) groups is 1. The summed E-state index contributed by atoms with van der Waals surface area (Å²) in [4.78, 5) is 33.4. The number of allylic oxidation sites excluding steroid dienone is 1. The average molecular weight is 687 g/mol. The van der Waals surface area contributed by atoms with E-state index in [1.165, 1.54) is 19.3 Å². The van der Waals surface area contributed by atoms with Crippen LogP contribution in [0.15, 0.2) is 83.1 Å². The molecule has 3 aromatic carbocycles. The van der Waals surface area contributed by atoms with Crippen molar-refractivity contribution in [1.82, 2.24) is 9.55 Å². The molecule has 1 atom stereocenters. The number of aryl methyl sites for hydroxylation is 1. The Balaban J connectivity index is 0.00000116.